The van der Waals surface area contributed by atoms with Crippen LogP contribution in [0.1, 0.15) is 37.1 Å². The monoisotopic (exact) mass is 369 g/mol. The first-order valence-corrected chi connectivity index (χ1v) is 8.46. The predicted molar refractivity (Wildman–Crippen MR) is 94.6 cm³/mol. The fraction of sp³-hybridized carbons (Fsp3) is 0.278. The van der Waals surface area contributed by atoms with Crippen LogP contribution < -0.4 is 10.6 Å². The highest BCUT2D eigenvalue weighted by Crippen LogP contribution is 2.27. The van der Waals surface area contributed by atoms with Crippen LogP contribution in [0, 0.1) is 5.82 Å². The molecule has 0 heterocycles. The Hall–Kier alpha value is -1.62. The summed E-state index contributed by atoms with van der Waals surface area (Å²) in [5, 5.41) is 5.13. The van der Waals surface area contributed by atoms with E-state index in [2.05, 4.69) is 5.32 Å². The number of quaternary nitrogens is 1. The number of nitrogens with one attached hydrogen (secondary N) is 1. The Morgan fingerprint density at radius 2 is 1.83 bits per heavy atom. The number of carbonyl (C=O) groups is 1. The van der Waals surface area contributed by atoms with Gasteiger partial charge in [-0.05, 0) is 31.5 Å². The fourth-order valence-corrected chi connectivity index (χ4v) is 2.98. The largest absolute Gasteiger partial charge is 0.345 e. The van der Waals surface area contributed by atoms with Gasteiger partial charge in [-0.1, -0.05) is 53.5 Å². The molecule has 6 heteroatoms. The summed E-state index contributed by atoms with van der Waals surface area (Å²) in [6.45, 7) is 4.02. The van der Waals surface area contributed by atoms with Crippen LogP contribution in [-0.2, 0) is 4.79 Å². The number of amides is 1. The van der Waals surface area contributed by atoms with Gasteiger partial charge in [0.15, 0.2) is 6.54 Å². The molecule has 2 rings (SSSR count). The lowest BCUT2D eigenvalue weighted by Gasteiger charge is -2.16. The smallest absolute Gasteiger partial charge is 0.275 e. The third-order valence-corrected chi connectivity index (χ3v) is 4.48. The van der Waals surface area contributed by atoms with Crippen LogP contribution >= 0.6 is 23.2 Å². The topological polar surface area (TPSA) is 45.7 Å². The van der Waals surface area contributed by atoms with Gasteiger partial charge in [-0.25, -0.2) is 4.39 Å². The Balaban J connectivity index is 1.91. The standard InChI is InChI=1S/C18H19Cl2FN2O/c1-11(13-6-4-3-5-7-13)23-18(24)10-22-12(2)14-8-17(21)16(20)9-15(14)19/h3-9,11-12,22H,10H2,1-2H3,(H,23,24)/p+1/t11-,12-/m0/s1. The average molecular weight is 370 g/mol. The Morgan fingerprint density at radius 1 is 1.17 bits per heavy atom. The Kier molecular flexibility index (Phi) is 6.60. The zero-order valence-electron chi connectivity index (χ0n) is 13.5. The summed E-state index contributed by atoms with van der Waals surface area (Å²) >= 11 is 11.8. The zero-order valence-corrected chi connectivity index (χ0v) is 15.0. The summed E-state index contributed by atoms with van der Waals surface area (Å²) in [6, 6.07) is 12.2. The number of hydrogen-bond acceptors (Lipinski definition) is 1. The quantitative estimate of drug-likeness (QED) is 0.750. The first-order chi connectivity index (χ1) is 11.4. The molecule has 0 aliphatic heterocycles. The molecule has 0 aromatic heterocycles. The van der Waals surface area contributed by atoms with Crippen LogP contribution in [0.3, 0.4) is 0 Å². The van der Waals surface area contributed by atoms with Gasteiger partial charge in [-0.15, -0.1) is 0 Å². The lowest BCUT2D eigenvalue weighted by atomic mass is 10.1. The van der Waals surface area contributed by atoms with Crippen molar-refractivity contribution in [3.05, 3.63) is 69.5 Å². The summed E-state index contributed by atoms with van der Waals surface area (Å²) in [6.07, 6.45) is 0. The van der Waals surface area contributed by atoms with E-state index in [1.165, 1.54) is 12.1 Å². The molecular formula is C18H20Cl2FN2O+. The molecule has 128 valence electrons. The van der Waals surface area contributed by atoms with E-state index in [1.54, 1.807) is 0 Å². The molecule has 0 spiro atoms. The number of hydrogen-bond donors (Lipinski definition) is 2. The molecule has 0 saturated heterocycles. The molecule has 1 amide bonds. The summed E-state index contributed by atoms with van der Waals surface area (Å²) in [5.74, 6) is -0.609. The minimum atomic E-state index is -0.515. The van der Waals surface area contributed by atoms with E-state index in [0.717, 1.165) is 5.56 Å². The number of nitrogens with two attached hydrogens (primary N) is 1. The molecule has 0 saturated carbocycles. The Labute approximate surface area is 151 Å². The van der Waals surface area contributed by atoms with Crippen LogP contribution in [0.25, 0.3) is 0 Å². The molecule has 3 N–H and O–H groups in total. The molecule has 0 unspecified atom stereocenters. The van der Waals surface area contributed by atoms with E-state index in [1.807, 2.05) is 49.5 Å². The first-order valence-electron chi connectivity index (χ1n) is 7.70. The van der Waals surface area contributed by atoms with Crippen LogP contribution in [0.15, 0.2) is 42.5 Å². The molecule has 0 aliphatic carbocycles. The van der Waals surface area contributed by atoms with Gasteiger partial charge in [0.1, 0.15) is 11.9 Å². The van der Waals surface area contributed by atoms with Gasteiger partial charge in [0.05, 0.1) is 16.1 Å². The molecule has 0 fully saturated rings. The van der Waals surface area contributed by atoms with E-state index in [-0.39, 0.29) is 29.6 Å². The number of rotatable bonds is 6. The Morgan fingerprint density at radius 3 is 2.50 bits per heavy atom. The second kappa shape index (κ2) is 8.47. The van der Waals surface area contributed by atoms with Crippen molar-refractivity contribution >= 4 is 29.1 Å². The van der Waals surface area contributed by atoms with Crippen molar-refractivity contribution < 1.29 is 14.5 Å². The van der Waals surface area contributed by atoms with Crippen molar-refractivity contribution in [2.45, 2.75) is 25.9 Å². The zero-order chi connectivity index (χ0) is 17.7. The summed E-state index contributed by atoms with van der Waals surface area (Å²) in [7, 11) is 0. The minimum absolute atomic E-state index is 0.00891. The van der Waals surface area contributed by atoms with Gasteiger partial charge < -0.3 is 10.6 Å². The lowest BCUT2D eigenvalue weighted by Crippen LogP contribution is -2.87. The third-order valence-electron chi connectivity index (χ3n) is 3.86. The van der Waals surface area contributed by atoms with Crippen LogP contribution in [0.4, 0.5) is 4.39 Å². The van der Waals surface area contributed by atoms with Crippen molar-refractivity contribution in [1.29, 1.82) is 0 Å². The van der Waals surface area contributed by atoms with Gasteiger partial charge in [-0.2, -0.15) is 0 Å². The maximum atomic E-state index is 13.6. The summed E-state index contributed by atoms with van der Waals surface area (Å²) in [4.78, 5) is 12.1. The van der Waals surface area contributed by atoms with Crippen LogP contribution in [-0.4, -0.2) is 12.5 Å². The highest BCUT2D eigenvalue weighted by molar-refractivity contribution is 6.35. The number of carbonyl (C=O) groups excluding carboxylic acids is 1. The predicted octanol–water partition coefficient (Wildman–Crippen LogP) is 3.63. The highest BCUT2D eigenvalue weighted by atomic mass is 35.5. The van der Waals surface area contributed by atoms with E-state index in [0.29, 0.717) is 10.6 Å². The maximum absolute atomic E-state index is 13.6. The summed E-state index contributed by atoms with van der Waals surface area (Å²) < 4.78 is 13.6. The van der Waals surface area contributed by atoms with Gasteiger partial charge >= 0.3 is 0 Å². The normalized spacial score (nSPS) is 13.4. The van der Waals surface area contributed by atoms with Crippen molar-refractivity contribution in [2.75, 3.05) is 6.54 Å². The van der Waals surface area contributed by atoms with Gasteiger partial charge in [-0.3, -0.25) is 4.79 Å². The minimum Gasteiger partial charge on any atom is -0.345 e. The SMILES string of the molecule is C[C@H](NC(=O)C[NH2+][C@@H](C)c1cc(F)c(Cl)cc1Cl)c1ccccc1. The molecule has 24 heavy (non-hydrogen) atoms. The van der Waals surface area contributed by atoms with Crippen LogP contribution in [0.2, 0.25) is 10.0 Å². The van der Waals surface area contributed by atoms with Gasteiger partial charge in [0.2, 0.25) is 0 Å². The van der Waals surface area contributed by atoms with Crippen molar-refractivity contribution in [1.82, 2.24) is 5.32 Å². The van der Waals surface area contributed by atoms with E-state index >= 15 is 0 Å². The molecule has 0 aliphatic rings. The molecule has 2 atom stereocenters. The molecule has 0 bridgehead atoms. The fourth-order valence-electron chi connectivity index (χ4n) is 2.42. The van der Waals surface area contributed by atoms with E-state index in [4.69, 9.17) is 23.2 Å². The van der Waals surface area contributed by atoms with Gasteiger partial charge in [0, 0.05) is 5.56 Å². The highest BCUT2D eigenvalue weighted by Gasteiger charge is 2.18. The second-order valence-electron chi connectivity index (χ2n) is 5.72. The Bertz CT molecular complexity index is 710. The van der Waals surface area contributed by atoms with Crippen molar-refractivity contribution in [3.8, 4) is 0 Å². The average Bonchev–Trinajstić information content (AvgIpc) is 2.56. The molecule has 3 nitrogen and oxygen atoms in total. The molecule has 0 radical (unpaired) electrons. The maximum Gasteiger partial charge on any atom is 0.275 e. The molecule has 2 aromatic carbocycles. The van der Waals surface area contributed by atoms with E-state index < -0.39 is 5.82 Å². The lowest BCUT2D eigenvalue weighted by molar-refractivity contribution is -0.682. The number of halogens is 3. The number of benzene rings is 2. The second-order valence-corrected chi connectivity index (χ2v) is 6.53. The summed E-state index contributed by atoms with van der Waals surface area (Å²) in [5.41, 5.74) is 1.66. The van der Waals surface area contributed by atoms with Crippen LogP contribution in [0.5, 0.6) is 0 Å². The van der Waals surface area contributed by atoms with Gasteiger partial charge in [0.25, 0.3) is 5.91 Å². The third kappa shape index (κ3) is 4.94. The van der Waals surface area contributed by atoms with E-state index in [9.17, 15) is 9.18 Å². The molecule has 2 aromatic rings. The van der Waals surface area contributed by atoms with Crippen molar-refractivity contribution in [3.63, 3.8) is 0 Å². The first kappa shape index (κ1) is 18.7. The molecular weight excluding hydrogens is 350 g/mol. The van der Waals surface area contributed by atoms with Crippen molar-refractivity contribution in [2.24, 2.45) is 0 Å².